The fourth-order valence-electron chi connectivity index (χ4n) is 1.22. The molecule has 0 unspecified atom stereocenters. The van der Waals surface area contributed by atoms with E-state index in [-0.39, 0.29) is 5.82 Å². The fraction of sp³-hybridized carbons (Fsp3) is 0.111. The second kappa shape index (κ2) is 3.38. The van der Waals surface area contributed by atoms with Gasteiger partial charge in [0, 0.05) is 12.4 Å². The normalized spacial score (nSPS) is 9.87. The van der Waals surface area contributed by atoms with Crippen molar-refractivity contribution in [3.8, 4) is 11.9 Å². The molecule has 0 fully saturated rings. The summed E-state index contributed by atoms with van der Waals surface area (Å²) in [4.78, 5) is 8.18. The SMILES string of the molecule is Cc1nccnc1-n1ncc(C#N)c1N. The number of nitrogens with zero attached hydrogens (tertiary/aromatic N) is 5. The van der Waals surface area contributed by atoms with Crippen LogP contribution in [0.5, 0.6) is 0 Å². The van der Waals surface area contributed by atoms with E-state index in [4.69, 9.17) is 11.0 Å². The number of rotatable bonds is 1. The molecule has 15 heavy (non-hydrogen) atoms. The first-order valence-electron chi connectivity index (χ1n) is 4.25. The minimum Gasteiger partial charge on any atom is -0.382 e. The maximum absolute atomic E-state index is 8.73. The molecule has 0 atom stereocenters. The molecule has 74 valence electrons. The highest BCUT2D eigenvalue weighted by Crippen LogP contribution is 2.15. The Morgan fingerprint density at radius 3 is 2.73 bits per heavy atom. The van der Waals surface area contributed by atoms with Crippen LogP contribution in [0.2, 0.25) is 0 Å². The molecule has 2 rings (SSSR count). The Labute approximate surface area is 86.0 Å². The summed E-state index contributed by atoms with van der Waals surface area (Å²) >= 11 is 0. The van der Waals surface area contributed by atoms with Crippen LogP contribution in [0.3, 0.4) is 0 Å². The molecule has 2 heterocycles. The monoisotopic (exact) mass is 200 g/mol. The van der Waals surface area contributed by atoms with Gasteiger partial charge in [0.1, 0.15) is 17.5 Å². The molecule has 6 nitrogen and oxygen atoms in total. The Bertz CT molecular complexity index is 536. The number of aromatic nitrogens is 4. The van der Waals surface area contributed by atoms with Gasteiger partial charge in [0.05, 0.1) is 11.9 Å². The van der Waals surface area contributed by atoms with Gasteiger partial charge in [-0.2, -0.15) is 15.0 Å². The Morgan fingerprint density at radius 2 is 2.13 bits per heavy atom. The van der Waals surface area contributed by atoms with Gasteiger partial charge in [0.15, 0.2) is 5.82 Å². The predicted octanol–water partition coefficient (Wildman–Crippen LogP) is 0.425. The second-order valence-corrected chi connectivity index (χ2v) is 2.93. The molecule has 0 aliphatic carbocycles. The van der Waals surface area contributed by atoms with Gasteiger partial charge in [-0.3, -0.25) is 4.98 Å². The Balaban J connectivity index is 2.61. The van der Waals surface area contributed by atoms with Crippen LogP contribution in [0.1, 0.15) is 11.3 Å². The first-order valence-corrected chi connectivity index (χ1v) is 4.25. The van der Waals surface area contributed by atoms with Crippen molar-refractivity contribution >= 4 is 5.82 Å². The van der Waals surface area contributed by atoms with Gasteiger partial charge in [-0.1, -0.05) is 0 Å². The van der Waals surface area contributed by atoms with Gasteiger partial charge in [-0.15, -0.1) is 0 Å². The smallest absolute Gasteiger partial charge is 0.177 e. The topological polar surface area (TPSA) is 93.4 Å². The van der Waals surface area contributed by atoms with Gasteiger partial charge in [-0.25, -0.2) is 4.98 Å². The molecule has 2 N–H and O–H groups in total. The van der Waals surface area contributed by atoms with E-state index in [2.05, 4.69) is 15.1 Å². The van der Waals surface area contributed by atoms with Crippen molar-refractivity contribution in [1.82, 2.24) is 19.7 Å². The molecule has 0 saturated heterocycles. The first kappa shape index (κ1) is 9.15. The maximum atomic E-state index is 8.73. The molecule has 6 heteroatoms. The largest absolute Gasteiger partial charge is 0.382 e. The van der Waals surface area contributed by atoms with Crippen molar-refractivity contribution in [1.29, 1.82) is 5.26 Å². The van der Waals surface area contributed by atoms with Crippen molar-refractivity contribution < 1.29 is 0 Å². The number of hydrogen-bond acceptors (Lipinski definition) is 5. The molecule has 0 bridgehead atoms. The van der Waals surface area contributed by atoms with Crippen molar-refractivity contribution in [3.63, 3.8) is 0 Å². The van der Waals surface area contributed by atoms with Crippen molar-refractivity contribution in [3.05, 3.63) is 29.8 Å². The van der Waals surface area contributed by atoms with Crippen LogP contribution in [0, 0.1) is 18.3 Å². The van der Waals surface area contributed by atoms with E-state index in [9.17, 15) is 0 Å². The van der Waals surface area contributed by atoms with Crippen LogP contribution in [0.4, 0.5) is 5.82 Å². The predicted molar refractivity (Wildman–Crippen MR) is 53.0 cm³/mol. The molecule has 0 aromatic carbocycles. The van der Waals surface area contributed by atoms with Crippen LogP contribution < -0.4 is 5.73 Å². The highest BCUT2D eigenvalue weighted by molar-refractivity contribution is 5.51. The quantitative estimate of drug-likeness (QED) is 0.720. The fourth-order valence-corrected chi connectivity index (χ4v) is 1.22. The number of aryl methyl sites for hydroxylation is 1. The molecule has 2 aromatic rings. The first-order chi connectivity index (χ1) is 7.24. The molecular formula is C9H8N6. The zero-order chi connectivity index (χ0) is 10.8. The zero-order valence-electron chi connectivity index (χ0n) is 8.05. The van der Waals surface area contributed by atoms with Crippen molar-refractivity contribution in [2.75, 3.05) is 5.73 Å². The molecule has 0 saturated carbocycles. The van der Waals surface area contributed by atoms with E-state index in [0.717, 1.165) is 0 Å². The van der Waals surface area contributed by atoms with Crippen LogP contribution >= 0.6 is 0 Å². The summed E-state index contributed by atoms with van der Waals surface area (Å²) in [6.07, 6.45) is 4.54. The summed E-state index contributed by atoms with van der Waals surface area (Å²) in [5, 5.41) is 12.7. The number of nitrogens with two attached hydrogens (primary N) is 1. The average molecular weight is 200 g/mol. The molecule has 0 spiro atoms. The van der Waals surface area contributed by atoms with Gasteiger partial charge < -0.3 is 5.73 Å². The lowest BCUT2D eigenvalue weighted by molar-refractivity contribution is 0.833. The van der Waals surface area contributed by atoms with E-state index < -0.39 is 0 Å². The minimum atomic E-state index is 0.279. The Kier molecular flexibility index (Phi) is 2.06. The van der Waals surface area contributed by atoms with Crippen LogP contribution in [-0.2, 0) is 0 Å². The van der Waals surface area contributed by atoms with Crippen molar-refractivity contribution in [2.24, 2.45) is 0 Å². The summed E-state index contributed by atoms with van der Waals surface area (Å²) in [6, 6.07) is 1.95. The number of anilines is 1. The Hall–Kier alpha value is -2.42. The zero-order valence-corrected chi connectivity index (χ0v) is 8.05. The average Bonchev–Trinajstić information content (AvgIpc) is 2.60. The third kappa shape index (κ3) is 1.40. The Morgan fingerprint density at radius 1 is 1.40 bits per heavy atom. The minimum absolute atomic E-state index is 0.279. The summed E-state index contributed by atoms with van der Waals surface area (Å²) in [7, 11) is 0. The number of hydrogen-bond donors (Lipinski definition) is 1. The summed E-state index contributed by atoms with van der Waals surface area (Å²) < 4.78 is 1.40. The van der Waals surface area contributed by atoms with Crippen LogP contribution in [0.15, 0.2) is 18.6 Å². The third-order valence-corrected chi connectivity index (χ3v) is 1.98. The molecule has 0 radical (unpaired) electrons. The number of nitriles is 1. The lowest BCUT2D eigenvalue weighted by Crippen LogP contribution is -2.07. The number of nitrogen functional groups attached to an aromatic ring is 1. The standard InChI is InChI=1S/C9H8N6/c1-6-9(13-3-2-12-6)15-8(11)7(4-10)5-14-15/h2-3,5H,11H2,1H3. The summed E-state index contributed by atoms with van der Waals surface area (Å²) in [6.45, 7) is 1.80. The van der Waals surface area contributed by atoms with E-state index in [1.54, 1.807) is 19.3 Å². The lowest BCUT2D eigenvalue weighted by Gasteiger charge is -2.04. The maximum Gasteiger partial charge on any atom is 0.177 e. The lowest BCUT2D eigenvalue weighted by atomic mass is 10.3. The van der Waals surface area contributed by atoms with Crippen molar-refractivity contribution in [2.45, 2.75) is 6.92 Å². The molecule has 0 aliphatic heterocycles. The van der Waals surface area contributed by atoms with Gasteiger partial charge in [0.2, 0.25) is 0 Å². The summed E-state index contributed by atoms with van der Waals surface area (Å²) in [5.74, 6) is 0.817. The molecule has 2 aromatic heterocycles. The summed E-state index contributed by atoms with van der Waals surface area (Å²) in [5.41, 5.74) is 6.76. The molecule has 0 aliphatic rings. The molecular weight excluding hydrogens is 192 g/mol. The van der Waals surface area contributed by atoms with E-state index >= 15 is 0 Å². The third-order valence-electron chi connectivity index (χ3n) is 1.98. The van der Waals surface area contributed by atoms with E-state index in [1.807, 2.05) is 6.07 Å². The van der Waals surface area contributed by atoms with E-state index in [0.29, 0.717) is 17.1 Å². The van der Waals surface area contributed by atoms with Crippen LogP contribution in [-0.4, -0.2) is 19.7 Å². The highest BCUT2D eigenvalue weighted by atomic mass is 15.3. The van der Waals surface area contributed by atoms with Gasteiger partial charge in [0.25, 0.3) is 0 Å². The van der Waals surface area contributed by atoms with E-state index in [1.165, 1.54) is 10.9 Å². The van der Waals surface area contributed by atoms with Crippen LogP contribution in [0.25, 0.3) is 5.82 Å². The van der Waals surface area contributed by atoms with Gasteiger partial charge in [-0.05, 0) is 6.92 Å². The molecule has 0 amide bonds. The highest BCUT2D eigenvalue weighted by Gasteiger charge is 2.11. The van der Waals surface area contributed by atoms with Gasteiger partial charge >= 0.3 is 0 Å². The second-order valence-electron chi connectivity index (χ2n) is 2.93.